The Morgan fingerprint density at radius 1 is 1.40 bits per heavy atom. The molecule has 3 aliphatic heterocycles. The molecule has 3 heterocycles. The fourth-order valence-electron chi connectivity index (χ4n) is 7.38. The molecule has 0 radical (unpaired) electrons. The predicted molar refractivity (Wildman–Crippen MR) is 97.9 cm³/mol. The number of likely N-dealkylation sites (tertiary alicyclic amines) is 1. The van der Waals surface area contributed by atoms with Gasteiger partial charge in [-0.25, -0.2) is 0 Å². The molecule has 25 heavy (non-hydrogen) atoms. The van der Waals surface area contributed by atoms with Crippen molar-refractivity contribution in [3.8, 4) is 0 Å². The molecular weight excluding hydrogens is 336 g/mol. The lowest BCUT2D eigenvalue weighted by molar-refractivity contribution is -0.153. The summed E-state index contributed by atoms with van der Waals surface area (Å²) in [5.41, 5.74) is 1.61. The molecule has 0 unspecified atom stereocenters. The van der Waals surface area contributed by atoms with Gasteiger partial charge in [0.2, 0.25) is 5.91 Å². The molecule has 1 aromatic carbocycles. The van der Waals surface area contributed by atoms with Crippen LogP contribution in [0.1, 0.15) is 12.0 Å². The first-order valence-electron chi connectivity index (χ1n) is 9.01. The lowest BCUT2D eigenvalue weighted by Gasteiger charge is -2.54. The molecule has 6 rings (SSSR count). The van der Waals surface area contributed by atoms with Gasteiger partial charge < -0.3 is 15.0 Å². The number of nitrogens with zero attached hydrogens (tertiary/aromatic N) is 1. The van der Waals surface area contributed by atoms with Crippen LogP contribution in [0.15, 0.2) is 36.9 Å². The first-order chi connectivity index (χ1) is 11.6. The molecule has 2 aliphatic carbocycles. The summed E-state index contributed by atoms with van der Waals surface area (Å²) in [5, 5.41) is 3.18. The SMILES string of the molecule is C=C[C@]12CN(C)[C@@H]3[C@H]4CO[C@@H](C[C@@H]41)[C@]1(C(=O)Nc4ccccc41)[C@@H]32.Cl. The summed E-state index contributed by atoms with van der Waals surface area (Å²) in [6.45, 7) is 6.06. The van der Waals surface area contributed by atoms with Gasteiger partial charge >= 0.3 is 0 Å². The molecule has 1 N–H and O–H groups in total. The van der Waals surface area contributed by atoms with Crippen LogP contribution in [0.5, 0.6) is 0 Å². The third-order valence-corrected chi connectivity index (χ3v) is 7.93. The Morgan fingerprint density at radius 2 is 2.20 bits per heavy atom. The van der Waals surface area contributed by atoms with Crippen LogP contribution in [0.2, 0.25) is 0 Å². The second-order valence-electron chi connectivity index (χ2n) is 8.40. The van der Waals surface area contributed by atoms with E-state index in [0.29, 0.717) is 17.9 Å². The minimum atomic E-state index is -0.554. The summed E-state index contributed by atoms with van der Waals surface area (Å²) < 4.78 is 6.34. The van der Waals surface area contributed by atoms with E-state index in [1.807, 2.05) is 12.1 Å². The van der Waals surface area contributed by atoms with E-state index in [1.165, 1.54) is 0 Å². The number of carbonyl (C=O) groups is 1. The van der Waals surface area contributed by atoms with Gasteiger partial charge in [0.05, 0.1) is 12.7 Å². The lowest BCUT2D eigenvalue weighted by Crippen LogP contribution is -2.62. The van der Waals surface area contributed by atoms with Crippen molar-refractivity contribution < 1.29 is 9.53 Å². The zero-order valence-corrected chi connectivity index (χ0v) is 15.1. The van der Waals surface area contributed by atoms with Crippen molar-refractivity contribution in [2.45, 2.75) is 24.0 Å². The summed E-state index contributed by atoms with van der Waals surface area (Å²) in [5.74, 6) is 1.56. The summed E-state index contributed by atoms with van der Waals surface area (Å²) in [7, 11) is 2.21. The number of benzene rings is 1. The zero-order valence-electron chi connectivity index (χ0n) is 14.3. The maximum Gasteiger partial charge on any atom is 0.238 e. The normalized spacial score (nSPS) is 48.4. The predicted octanol–water partition coefficient (Wildman–Crippen LogP) is 2.45. The minimum Gasteiger partial charge on any atom is -0.376 e. The molecular formula is C20H23ClN2O2. The molecule has 2 saturated heterocycles. The van der Waals surface area contributed by atoms with Gasteiger partial charge in [-0.2, -0.15) is 0 Å². The van der Waals surface area contributed by atoms with E-state index in [1.54, 1.807) is 0 Å². The number of amides is 1. The highest BCUT2D eigenvalue weighted by Gasteiger charge is 2.79. The van der Waals surface area contributed by atoms with Crippen molar-refractivity contribution >= 4 is 24.0 Å². The number of anilines is 1. The highest BCUT2D eigenvalue weighted by Crippen LogP contribution is 2.73. The fourth-order valence-corrected chi connectivity index (χ4v) is 7.38. The summed E-state index contributed by atoms with van der Waals surface area (Å²) >= 11 is 0. The fraction of sp³-hybridized carbons (Fsp3) is 0.550. The van der Waals surface area contributed by atoms with Crippen LogP contribution in [0, 0.1) is 23.2 Å². The standard InChI is InChI=1S/C20H22N2O2.ClH/c1-3-19-10-22(2)16-11-9-24-15(8-13(11)19)20(17(16)19)12-6-4-5-7-14(12)21-18(20)23;/h3-7,11,13,15-17H,1,8-10H2,2H3,(H,21,23);1H/t11-,13-,15-,16+,17-,19-,20-;/m0./s1. The number of halogens is 1. The molecule has 4 nitrogen and oxygen atoms in total. The Balaban J connectivity index is 0.00000140. The average molecular weight is 359 g/mol. The number of piperidine rings is 1. The van der Waals surface area contributed by atoms with Crippen LogP contribution in [-0.4, -0.2) is 43.2 Å². The Labute approximate surface area is 154 Å². The van der Waals surface area contributed by atoms with Crippen LogP contribution in [0.25, 0.3) is 0 Å². The molecule has 1 spiro atoms. The first kappa shape index (κ1) is 15.9. The number of ether oxygens (including phenoxy) is 1. The van der Waals surface area contributed by atoms with Gasteiger partial charge in [0.1, 0.15) is 5.41 Å². The lowest BCUT2D eigenvalue weighted by atomic mass is 9.51. The molecule has 132 valence electrons. The van der Waals surface area contributed by atoms with E-state index in [2.05, 4.69) is 42.1 Å². The number of hydrogen-bond donors (Lipinski definition) is 1. The van der Waals surface area contributed by atoms with Gasteiger partial charge in [-0.1, -0.05) is 24.3 Å². The van der Waals surface area contributed by atoms with Crippen molar-refractivity contribution in [1.29, 1.82) is 0 Å². The molecule has 4 fully saturated rings. The first-order valence-corrected chi connectivity index (χ1v) is 9.01. The van der Waals surface area contributed by atoms with E-state index in [-0.39, 0.29) is 35.8 Å². The largest absolute Gasteiger partial charge is 0.376 e. The third kappa shape index (κ3) is 1.41. The third-order valence-electron chi connectivity index (χ3n) is 7.93. The molecule has 5 heteroatoms. The second kappa shape index (κ2) is 4.67. The minimum absolute atomic E-state index is 0. The number of fused-ring (bicyclic) bond motifs is 5. The smallest absolute Gasteiger partial charge is 0.238 e. The van der Waals surface area contributed by atoms with Crippen LogP contribution >= 0.6 is 12.4 Å². The molecule has 1 amide bonds. The Hall–Kier alpha value is -1.36. The highest BCUT2D eigenvalue weighted by atomic mass is 35.5. The zero-order chi connectivity index (χ0) is 16.3. The van der Waals surface area contributed by atoms with Crippen LogP contribution in [0.3, 0.4) is 0 Å². The average Bonchev–Trinajstić information content (AvgIpc) is 3.08. The van der Waals surface area contributed by atoms with Crippen molar-refractivity contribution in [3.63, 3.8) is 0 Å². The van der Waals surface area contributed by atoms with E-state index in [4.69, 9.17) is 4.74 Å². The van der Waals surface area contributed by atoms with E-state index in [0.717, 1.165) is 30.8 Å². The number of nitrogens with one attached hydrogen (secondary N) is 1. The number of hydrogen-bond acceptors (Lipinski definition) is 3. The van der Waals surface area contributed by atoms with Gasteiger partial charge in [-0.3, -0.25) is 4.79 Å². The highest BCUT2D eigenvalue weighted by molar-refractivity contribution is 6.07. The Bertz CT molecular complexity index is 798. The van der Waals surface area contributed by atoms with E-state index >= 15 is 0 Å². The number of rotatable bonds is 1. The topological polar surface area (TPSA) is 41.6 Å². The molecule has 1 aromatic rings. The second-order valence-corrected chi connectivity index (χ2v) is 8.40. The van der Waals surface area contributed by atoms with Crippen molar-refractivity contribution in [1.82, 2.24) is 4.90 Å². The monoisotopic (exact) mass is 358 g/mol. The molecule has 5 bridgehead atoms. The molecule has 2 saturated carbocycles. The van der Waals surface area contributed by atoms with Crippen LogP contribution < -0.4 is 5.32 Å². The van der Waals surface area contributed by atoms with Crippen molar-refractivity contribution in [2.24, 2.45) is 23.2 Å². The van der Waals surface area contributed by atoms with Crippen molar-refractivity contribution in [3.05, 3.63) is 42.5 Å². The van der Waals surface area contributed by atoms with Gasteiger partial charge in [0.15, 0.2) is 0 Å². The van der Waals surface area contributed by atoms with Gasteiger partial charge in [0, 0.05) is 35.5 Å². The maximum atomic E-state index is 13.4. The molecule has 5 aliphatic rings. The molecule has 7 atom stereocenters. The summed E-state index contributed by atoms with van der Waals surface area (Å²) in [6.07, 6.45) is 3.17. The van der Waals surface area contributed by atoms with E-state index < -0.39 is 5.41 Å². The summed E-state index contributed by atoms with van der Waals surface area (Å²) in [6, 6.07) is 8.64. The van der Waals surface area contributed by atoms with E-state index in [9.17, 15) is 4.79 Å². The molecule has 0 aromatic heterocycles. The van der Waals surface area contributed by atoms with Crippen LogP contribution in [-0.2, 0) is 14.9 Å². The van der Waals surface area contributed by atoms with Gasteiger partial charge in [-0.05, 0) is 31.0 Å². The maximum absolute atomic E-state index is 13.4. The summed E-state index contributed by atoms with van der Waals surface area (Å²) in [4.78, 5) is 15.9. The quantitative estimate of drug-likeness (QED) is 0.784. The number of para-hydroxylation sites is 1. The van der Waals surface area contributed by atoms with Gasteiger partial charge in [0.25, 0.3) is 0 Å². The Kier molecular flexibility index (Phi) is 2.96. The van der Waals surface area contributed by atoms with Crippen LogP contribution in [0.4, 0.5) is 5.69 Å². The number of carbonyl (C=O) groups excluding carboxylic acids is 1. The Morgan fingerprint density at radius 3 is 3.00 bits per heavy atom. The van der Waals surface area contributed by atoms with Crippen molar-refractivity contribution in [2.75, 3.05) is 25.5 Å². The van der Waals surface area contributed by atoms with Gasteiger partial charge in [-0.15, -0.1) is 19.0 Å².